The van der Waals surface area contributed by atoms with E-state index >= 15 is 0 Å². The van der Waals surface area contributed by atoms with Crippen molar-refractivity contribution in [1.29, 1.82) is 0 Å². The Labute approximate surface area is 482 Å². The molecule has 0 aliphatic heterocycles. The van der Waals surface area contributed by atoms with Gasteiger partial charge in [-0.05, 0) is 173 Å². The average Bonchev–Trinajstić information content (AvgIpc) is 4.22. The van der Waals surface area contributed by atoms with Crippen molar-refractivity contribution in [3.63, 3.8) is 0 Å². The van der Waals surface area contributed by atoms with Gasteiger partial charge in [-0.2, -0.15) is 8.78 Å². The molecule has 16 heteroatoms. The molecule has 9 aromatic rings. The zero-order chi connectivity index (χ0) is 57.8. The minimum Gasteiger partial charge on any atom is -0.489 e. The van der Waals surface area contributed by atoms with Crippen molar-refractivity contribution in [1.82, 2.24) is 4.90 Å². The third-order valence-corrected chi connectivity index (χ3v) is 16.8. The summed E-state index contributed by atoms with van der Waals surface area (Å²) in [5.41, 5.74) is 7.20. The first-order chi connectivity index (χ1) is 37.6. The number of hydrogen-bond acceptors (Lipinski definition) is 10. The molecule has 0 aliphatic carbocycles. The first-order valence-electron chi connectivity index (χ1n) is 25.3. The molecule has 0 radical (unpaired) electrons. The molecule has 4 aromatic carbocycles. The van der Waals surface area contributed by atoms with Crippen LogP contribution in [0.4, 0.5) is 26.3 Å². The molecule has 422 valence electrons. The molecule has 0 spiro atoms. The maximum absolute atomic E-state index is 13.4. The summed E-state index contributed by atoms with van der Waals surface area (Å²) in [5, 5.41) is 0. The number of aryl methyl sites for hydroxylation is 10. The Bertz CT molecular complexity index is 3240. The van der Waals surface area contributed by atoms with Gasteiger partial charge in [0.15, 0.2) is 5.75 Å². The van der Waals surface area contributed by atoms with E-state index in [1.807, 2.05) is 89.5 Å². The predicted molar refractivity (Wildman–Crippen MR) is 318 cm³/mol. The quantitative estimate of drug-likeness (QED) is 0.0548. The van der Waals surface area contributed by atoms with Crippen molar-refractivity contribution < 1.29 is 45.3 Å². The van der Waals surface area contributed by atoms with Crippen molar-refractivity contribution >= 4 is 56.7 Å². The largest absolute Gasteiger partial charge is 0.489 e. The summed E-state index contributed by atoms with van der Waals surface area (Å²) in [7, 11) is 4.24. The van der Waals surface area contributed by atoms with Crippen LogP contribution in [0.25, 0.3) is 0 Å². The molecule has 0 saturated heterocycles. The Kier molecular flexibility index (Phi) is 25.9. The minimum absolute atomic E-state index is 0.241. The number of nitrogens with zero attached hydrogens (tertiary/aromatic N) is 1. The lowest BCUT2D eigenvalue weighted by Gasteiger charge is -2.10. The van der Waals surface area contributed by atoms with Gasteiger partial charge < -0.3 is 23.8 Å². The van der Waals surface area contributed by atoms with Gasteiger partial charge in [-0.25, -0.2) is 17.6 Å². The standard InChI is InChI=1S/C14H16OS.C13H9F5OS.C13H13FOS.C13H14OS.C10H17NS/c1-11-8-14(12(2)16-11)10-15-9-13-6-4-3-5-7-13;1-5-3-7(6(2)20-5)4-19-13-11(17)9(15)8(14)10(16)12(13)18;1-9-7-11(10(2)16-9)8-15-13-5-3-12(14)4-6-13;1-10-8-12(11(2)15-10)9-14-13-6-4-3-5-7-13;1-8-7-10(9(2)12-8)5-6-11(3)4/h3-8H,9-10H2,1-2H3;3H,4H2,1-2H3;3-7H,8H2,1-2H3;3-8H,9H2,1-2H3;7H,5-6H2,1-4H3. The monoisotopic (exact) mass is 1180 g/mol. The lowest BCUT2D eigenvalue weighted by atomic mass is 10.2. The van der Waals surface area contributed by atoms with Crippen LogP contribution in [0.3, 0.4) is 0 Å². The van der Waals surface area contributed by atoms with Crippen LogP contribution in [0.5, 0.6) is 17.2 Å². The Balaban J connectivity index is 0.000000183. The normalized spacial score (nSPS) is 10.7. The second-order valence-corrected chi connectivity index (χ2v) is 26.1. The first kappa shape index (κ1) is 64.1. The fourth-order valence-electron chi connectivity index (χ4n) is 7.67. The van der Waals surface area contributed by atoms with Gasteiger partial charge in [0.05, 0.1) is 13.2 Å². The molecular weight excluding hydrogens is 1110 g/mol. The van der Waals surface area contributed by atoms with E-state index in [9.17, 15) is 26.3 Å². The van der Waals surface area contributed by atoms with Crippen LogP contribution in [0.2, 0.25) is 0 Å². The van der Waals surface area contributed by atoms with Gasteiger partial charge in [-0.1, -0.05) is 48.5 Å². The fourth-order valence-corrected chi connectivity index (χ4v) is 12.4. The van der Waals surface area contributed by atoms with E-state index in [0.717, 1.165) is 22.0 Å². The fraction of sp³-hybridized carbons (Fsp3) is 0.302. The zero-order valence-electron chi connectivity index (χ0n) is 46.8. The predicted octanol–water partition coefficient (Wildman–Crippen LogP) is 19.2. The van der Waals surface area contributed by atoms with Gasteiger partial charge >= 0.3 is 0 Å². The number of likely N-dealkylation sites (N-methyl/N-ethyl adjacent to an activating group) is 1. The van der Waals surface area contributed by atoms with Crippen molar-refractivity contribution in [3.8, 4) is 17.2 Å². The number of rotatable bonds is 16. The van der Waals surface area contributed by atoms with E-state index in [4.69, 9.17) is 18.9 Å². The first-order valence-corrected chi connectivity index (χ1v) is 29.4. The van der Waals surface area contributed by atoms with Gasteiger partial charge in [0.1, 0.15) is 37.1 Å². The second-order valence-electron chi connectivity index (χ2n) is 18.8. The number of thiophene rings is 5. The van der Waals surface area contributed by atoms with Gasteiger partial charge in [-0.15, -0.1) is 56.7 Å². The van der Waals surface area contributed by atoms with Crippen LogP contribution in [-0.2, 0) is 44.2 Å². The van der Waals surface area contributed by atoms with E-state index in [0.29, 0.717) is 37.7 Å². The van der Waals surface area contributed by atoms with Crippen molar-refractivity contribution in [2.75, 3.05) is 20.6 Å². The summed E-state index contributed by atoms with van der Waals surface area (Å²) < 4.78 is 99.9. The minimum atomic E-state index is -2.20. The molecule has 0 saturated carbocycles. The van der Waals surface area contributed by atoms with Crippen molar-refractivity contribution in [2.24, 2.45) is 0 Å². The smallest absolute Gasteiger partial charge is 0.207 e. The van der Waals surface area contributed by atoms with Gasteiger partial charge in [0.2, 0.25) is 29.1 Å². The molecule has 0 unspecified atom stereocenters. The van der Waals surface area contributed by atoms with Crippen LogP contribution in [0, 0.1) is 104 Å². The van der Waals surface area contributed by atoms with Crippen LogP contribution in [0.15, 0.2) is 115 Å². The Morgan fingerprint density at radius 1 is 0.367 bits per heavy atom. The van der Waals surface area contributed by atoms with E-state index < -0.39 is 34.8 Å². The Morgan fingerprint density at radius 2 is 0.709 bits per heavy atom. The molecular formula is C63H69F6NO4S5. The maximum atomic E-state index is 13.4. The third kappa shape index (κ3) is 21.0. The highest BCUT2D eigenvalue weighted by Gasteiger charge is 2.27. The SMILES string of the molecule is Cc1cc(CCN(C)C)c(C)s1.Cc1cc(COCc2ccccc2)c(C)s1.Cc1cc(COc2c(F)c(F)c(F)c(F)c2F)c(C)s1.Cc1cc(COc2ccc(F)cc2)c(C)s1.Cc1cc(COc2ccccc2)c(C)s1. The number of ether oxygens (including phenoxy) is 4. The van der Waals surface area contributed by atoms with Crippen LogP contribution >= 0.6 is 56.7 Å². The van der Waals surface area contributed by atoms with E-state index in [1.165, 1.54) is 96.7 Å². The highest BCUT2D eigenvalue weighted by atomic mass is 32.1. The van der Waals surface area contributed by atoms with Crippen molar-refractivity contribution in [2.45, 2.75) is 109 Å². The maximum Gasteiger partial charge on any atom is 0.207 e. The summed E-state index contributed by atoms with van der Waals surface area (Å²) in [6.45, 7) is 24.2. The third-order valence-electron chi connectivity index (χ3n) is 11.8. The summed E-state index contributed by atoms with van der Waals surface area (Å²) in [6, 6.07) is 36.9. The molecule has 0 aliphatic rings. The Hall–Kier alpha value is -5.72. The van der Waals surface area contributed by atoms with Gasteiger partial charge in [0, 0.05) is 72.0 Å². The highest BCUT2D eigenvalue weighted by Crippen LogP contribution is 2.31. The highest BCUT2D eigenvalue weighted by molar-refractivity contribution is 7.13. The number of hydrogen-bond donors (Lipinski definition) is 0. The summed E-state index contributed by atoms with van der Waals surface area (Å²) in [5.74, 6) is -10.0. The second kappa shape index (κ2) is 31.9. The summed E-state index contributed by atoms with van der Waals surface area (Å²) >= 11 is 8.77. The molecule has 5 heterocycles. The van der Waals surface area contributed by atoms with Gasteiger partial charge in [0.25, 0.3) is 0 Å². The van der Waals surface area contributed by atoms with Crippen molar-refractivity contribution in [3.05, 3.63) is 232 Å². The Morgan fingerprint density at radius 3 is 1.09 bits per heavy atom. The topological polar surface area (TPSA) is 40.2 Å². The molecule has 0 bridgehead atoms. The molecule has 0 N–H and O–H groups in total. The molecule has 5 nitrogen and oxygen atoms in total. The lowest BCUT2D eigenvalue weighted by Crippen LogP contribution is -2.15. The van der Waals surface area contributed by atoms with E-state index in [-0.39, 0.29) is 12.4 Å². The number of benzene rings is 4. The number of para-hydroxylation sites is 1. The summed E-state index contributed by atoms with van der Waals surface area (Å²) in [6.07, 6.45) is 1.18. The van der Waals surface area contributed by atoms with Gasteiger partial charge in [-0.3, -0.25) is 0 Å². The van der Waals surface area contributed by atoms with Crippen LogP contribution < -0.4 is 14.2 Å². The van der Waals surface area contributed by atoms with Crippen LogP contribution in [0.1, 0.15) is 82.2 Å². The molecule has 0 atom stereocenters. The van der Waals surface area contributed by atoms with Crippen LogP contribution in [-0.4, -0.2) is 25.5 Å². The zero-order valence-corrected chi connectivity index (χ0v) is 50.9. The average molecular weight is 1180 g/mol. The number of halogens is 6. The molecule has 9 rings (SSSR count). The molecule has 79 heavy (non-hydrogen) atoms. The molecule has 5 aromatic heterocycles. The summed E-state index contributed by atoms with van der Waals surface area (Å²) in [4.78, 5) is 14.9. The lowest BCUT2D eigenvalue weighted by molar-refractivity contribution is 0.107. The van der Waals surface area contributed by atoms with E-state index in [2.05, 4.69) is 111 Å². The molecule has 0 amide bonds. The molecule has 0 fully saturated rings. The van der Waals surface area contributed by atoms with E-state index in [1.54, 1.807) is 36.5 Å².